The summed E-state index contributed by atoms with van der Waals surface area (Å²) in [6, 6.07) is 13.5. The summed E-state index contributed by atoms with van der Waals surface area (Å²) >= 11 is -2.51. The van der Waals surface area contributed by atoms with E-state index >= 15 is 0 Å². The van der Waals surface area contributed by atoms with E-state index in [2.05, 4.69) is 24.5 Å². The fourth-order valence-corrected chi connectivity index (χ4v) is 7.55. The van der Waals surface area contributed by atoms with Gasteiger partial charge in [0.25, 0.3) is 11.8 Å². The molecule has 4 rings (SSSR count). The van der Waals surface area contributed by atoms with Crippen LogP contribution in [0.4, 0.5) is 11.4 Å². The van der Waals surface area contributed by atoms with Crippen molar-refractivity contribution < 1.29 is 80.5 Å². The average Bonchev–Trinajstić information content (AvgIpc) is 3.36. The van der Waals surface area contributed by atoms with E-state index in [0.717, 1.165) is 38.5 Å². The Morgan fingerprint density at radius 1 is 0.535 bits per heavy atom. The molecule has 1 aliphatic heterocycles. The van der Waals surface area contributed by atoms with Crippen LogP contribution in [0.5, 0.6) is 34.5 Å². The van der Waals surface area contributed by atoms with E-state index in [1.165, 1.54) is 102 Å². The van der Waals surface area contributed by atoms with Crippen LogP contribution in [0.1, 0.15) is 153 Å². The van der Waals surface area contributed by atoms with E-state index in [4.69, 9.17) is 42.9 Å². The number of rotatable bonds is 24. The van der Waals surface area contributed by atoms with E-state index in [0.29, 0.717) is 60.4 Å². The van der Waals surface area contributed by atoms with Crippen LogP contribution in [0.2, 0.25) is 0 Å². The zero-order valence-corrected chi connectivity index (χ0v) is 46.5. The van der Waals surface area contributed by atoms with Crippen LogP contribution < -0.4 is 29.6 Å². The van der Waals surface area contributed by atoms with Crippen molar-refractivity contribution in [1.29, 1.82) is 0 Å². The number of amides is 2. The topological polar surface area (TPSA) is 213 Å². The van der Waals surface area contributed by atoms with Crippen molar-refractivity contribution in [3.63, 3.8) is 0 Å². The second-order valence-corrected chi connectivity index (χ2v) is 18.0. The molecule has 0 atom stereocenters. The number of aliphatic imine (C=N–C) groups is 2. The van der Waals surface area contributed by atoms with Crippen LogP contribution in [0.25, 0.3) is 0 Å². The molecule has 71 heavy (non-hydrogen) atoms. The van der Waals surface area contributed by atoms with Crippen molar-refractivity contribution in [2.75, 3.05) is 65.9 Å². The zero-order valence-electron chi connectivity index (χ0n) is 42.4. The Morgan fingerprint density at radius 3 is 1.25 bits per heavy atom. The Balaban J connectivity index is 0.00000432. The first kappa shape index (κ1) is 60.6. The summed E-state index contributed by atoms with van der Waals surface area (Å²) in [6.45, 7) is 6.51. The molecule has 4 N–H and O–H groups in total. The number of benzene rings is 3. The van der Waals surface area contributed by atoms with Crippen molar-refractivity contribution >= 4 is 35.6 Å². The number of unbranched alkanes of at least 4 members (excludes halogenated alkanes) is 18. The Kier molecular flexibility index (Phi) is 34.0. The Hall–Kier alpha value is -4.69. The molecule has 0 fully saturated rings. The van der Waals surface area contributed by atoms with Gasteiger partial charge in [-0.05, 0) is 37.1 Å². The predicted octanol–water partition coefficient (Wildman–Crippen LogP) is 11.0. The van der Waals surface area contributed by atoms with Gasteiger partial charge in [0.1, 0.15) is 0 Å². The standard InChI is InChI=1S/C54H80N4O10.2O.U/c1-3-5-7-9-11-13-15-17-19-21-31-65-49-37-45-46(38-50(49)66-32-22-20-18-16-14-12-10-8-6-4-2)58-40-44-26-24-28-48(54(44)62)68-42-52(60)56-30-34-64-36-35-63-33-29-55-51(59)41-67-47-27-23-25-43(39-57-45)53(47)61;;;/h23-28,37-40,61-62H,3-22,29-36,41-42H2,1-2H3,(H,55,59)(H,56,60);;;. The number of carbonyl (C=O) groups excluding carboxylic acids is 2. The first-order valence-corrected chi connectivity index (χ1v) is 29.3. The van der Waals surface area contributed by atoms with Crippen LogP contribution >= 0.6 is 0 Å². The number of hydrogen-bond acceptors (Lipinski definition) is 14. The van der Waals surface area contributed by atoms with Gasteiger partial charge in [0.15, 0.2) is 47.7 Å². The molecule has 1 heterocycles. The molecule has 0 aromatic heterocycles. The van der Waals surface area contributed by atoms with Crippen LogP contribution in [0.15, 0.2) is 58.5 Å². The molecule has 0 saturated carbocycles. The Labute approximate surface area is 436 Å². The summed E-state index contributed by atoms with van der Waals surface area (Å²) in [4.78, 5) is 34.7. The summed E-state index contributed by atoms with van der Waals surface area (Å²) in [7, 11) is 0. The first-order valence-electron chi connectivity index (χ1n) is 25.9. The van der Waals surface area contributed by atoms with Gasteiger partial charge in [-0.1, -0.05) is 142 Å². The van der Waals surface area contributed by atoms with Crippen molar-refractivity contribution in [2.45, 2.75) is 142 Å². The molecule has 3 aromatic carbocycles. The van der Waals surface area contributed by atoms with Gasteiger partial charge in [0.2, 0.25) is 0 Å². The van der Waals surface area contributed by atoms with Crippen molar-refractivity contribution in [3.8, 4) is 34.5 Å². The molecule has 3 aromatic rings. The number of aromatic hydroxyl groups is 2. The number of ether oxygens (including phenoxy) is 6. The quantitative estimate of drug-likeness (QED) is 0.0617. The third-order valence-electron chi connectivity index (χ3n) is 11.5. The van der Waals surface area contributed by atoms with Crippen LogP contribution in [0.3, 0.4) is 0 Å². The number of fused-ring (bicyclic) bond motifs is 5. The normalized spacial score (nSPS) is 13.9. The third-order valence-corrected chi connectivity index (χ3v) is 11.5. The van der Waals surface area contributed by atoms with Gasteiger partial charge < -0.3 is 49.3 Å². The van der Waals surface area contributed by atoms with Gasteiger partial charge in [-0.15, -0.1) is 0 Å². The van der Waals surface area contributed by atoms with Gasteiger partial charge in [0.05, 0.1) is 51.0 Å². The van der Waals surface area contributed by atoms with Gasteiger partial charge in [-0.25, -0.2) is 0 Å². The van der Waals surface area contributed by atoms with Gasteiger partial charge in [-0.2, -0.15) is 0 Å². The predicted molar refractivity (Wildman–Crippen MR) is 272 cm³/mol. The number of carbonyl (C=O) groups is 2. The maximum atomic E-state index is 12.5. The summed E-state index contributed by atoms with van der Waals surface area (Å²) in [5.74, 6) is 0.177. The van der Waals surface area contributed by atoms with Crippen molar-refractivity contribution in [1.82, 2.24) is 10.6 Å². The molecule has 392 valence electrons. The molecular formula is C54H80N4O12U. The van der Waals surface area contributed by atoms with Gasteiger partial charge in [-0.3, -0.25) is 19.6 Å². The first-order chi connectivity index (χ1) is 34.8. The minimum absolute atomic E-state index is 0.119. The number of nitrogens with zero attached hydrogens (tertiary/aromatic N) is 2. The fraction of sp³-hybridized carbons (Fsp3) is 0.593. The number of nitrogens with one attached hydrogen (secondary N) is 2. The van der Waals surface area contributed by atoms with Gasteiger partial charge in [0, 0.05) is 48.8 Å². The summed E-state index contributed by atoms with van der Waals surface area (Å²) in [5.41, 5.74) is 1.53. The number of para-hydroxylation sites is 2. The molecule has 0 spiro atoms. The third kappa shape index (κ3) is 27.1. The number of hydrogen-bond donors (Lipinski definition) is 4. The Bertz CT molecular complexity index is 1910. The Morgan fingerprint density at radius 2 is 0.887 bits per heavy atom. The molecule has 0 aliphatic carbocycles. The molecule has 0 unspecified atom stereocenters. The van der Waals surface area contributed by atoms with E-state index in [1.807, 2.05) is 0 Å². The molecule has 2 amide bonds. The van der Waals surface area contributed by atoms with E-state index in [-0.39, 0.29) is 74.3 Å². The molecule has 1 aliphatic rings. The molecule has 16 nitrogen and oxygen atoms in total. The molecule has 17 heteroatoms. The maximum absolute atomic E-state index is 12.5. The minimum atomic E-state index is -2.51. The van der Waals surface area contributed by atoms with Crippen molar-refractivity contribution in [2.24, 2.45) is 9.98 Å². The summed E-state index contributed by atoms with van der Waals surface area (Å²) in [5, 5.41) is 27.9. The molecule has 4 bridgehead atoms. The number of phenolic OH excluding ortho intramolecular Hbond substituents is 2. The second-order valence-electron chi connectivity index (χ2n) is 17.3. The zero-order chi connectivity index (χ0) is 51.0. The second kappa shape index (κ2) is 39.9. The summed E-state index contributed by atoms with van der Waals surface area (Å²) in [6.07, 6.45) is 27.3. The molecule has 0 saturated heterocycles. The van der Waals surface area contributed by atoms with E-state index in [9.17, 15) is 19.8 Å². The number of phenols is 2. The van der Waals surface area contributed by atoms with Crippen molar-refractivity contribution in [3.05, 3.63) is 59.7 Å². The monoisotopic (exact) mass is 1210 g/mol. The van der Waals surface area contributed by atoms with E-state index < -0.39 is 27.8 Å². The summed E-state index contributed by atoms with van der Waals surface area (Å²) < 4.78 is 52.5. The van der Waals surface area contributed by atoms with Crippen LogP contribution in [0, 0.1) is 27.8 Å². The average molecular weight is 1220 g/mol. The van der Waals surface area contributed by atoms with Crippen LogP contribution in [-0.2, 0) is 23.5 Å². The van der Waals surface area contributed by atoms with Crippen LogP contribution in [-0.4, -0.2) is 100 Å². The SMILES string of the molecule is CCCCCCCCCCCCOc1cc2c(cc1OCCCCCCCCCCCC)N=Cc1cccc(c1O)OCC(=O)NCCOCCOCCNC(=O)COc1cccc(c1O)C=N2.[O]=[U]=[O]. The van der Waals surface area contributed by atoms with E-state index in [1.54, 1.807) is 48.5 Å². The van der Waals surface area contributed by atoms with Gasteiger partial charge >= 0.3 is 32.3 Å². The molecular weight excluding hydrogens is 1130 g/mol. The molecule has 0 radical (unpaired) electrons. The fourth-order valence-electron chi connectivity index (χ4n) is 7.55.